The van der Waals surface area contributed by atoms with E-state index in [4.69, 9.17) is 0 Å². The van der Waals surface area contributed by atoms with E-state index in [1.807, 2.05) is 0 Å². The lowest BCUT2D eigenvalue weighted by Crippen LogP contribution is -2.55. The number of hydrogen-bond acceptors (Lipinski definition) is 0. The summed E-state index contributed by atoms with van der Waals surface area (Å²) < 4.78 is 5.42. The van der Waals surface area contributed by atoms with Gasteiger partial charge in [-0.25, -0.2) is 0 Å². The molecule has 2 aliphatic rings. The van der Waals surface area contributed by atoms with Gasteiger partial charge in [0.25, 0.3) is 0 Å². The lowest BCUT2D eigenvalue weighted by atomic mass is 9.45. The largest absolute Gasteiger partial charge is 0.375 e. The molecular formula is C66H59BN2. The van der Waals surface area contributed by atoms with E-state index in [0.29, 0.717) is 0 Å². The third-order valence-corrected chi connectivity index (χ3v) is 16.0. The Labute approximate surface area is 407 Å². The first-order valence-electron chi connectivity index (χ1n) is 25.0. The van der Waals surface area contributed by atoms with Crippen molar-refractivity contribution in [2.75, 3.05) is 0 Å². The van der Waals surface area contributed by atoms with Crippen molar-refractivity contribution >= 4 is 72.2 Å². The molecule has 0 bridgehead atoms. The number of fused-ring (bicyclic) bond motifs is 12. The lowest BCUT2D eigenvalue weighted by molar-refractivity contribution is 0.590. The molecule has 0 saturated heterocycles. The number of rotatable bonds is 3. The number of benzene rings is 9. The van der Waals surface area contributed by atoms with Crippen LogP contribution in [-0.2, 0) is 16.2 Å². The van der Waals surface area contributed by atoms with Gasteiger partial charge in [0.15, 0.2) is 0 Å². The van der Waals surface area contributed by atoms with Crippen molar-refractivity contribution in [2.45, 2.75) is 92.4 Å². The van der Waals surface area contributed by atoms with Crippen LogP contribution in [0.5, 0.6) is 0 Å². The van der Waals surface area contributed by atoms with Crippen molar-refractivity contribution in [1.82, 2.24) is 9.05 Å². The van der Waals surface area contributed by atoms with Gasteiger partial charge in [-0.3, -0.25) is 0 Å². The van der Waals surface area contributed by atoms with Crippen LogP contribution in [0.3, 0.4) is 0 Å². The maximum atomic E-state index is 2.75. The molecule has 69 heavy (non-hydrogen) atoms. The van der Waals surface area contributed by atoms with E-state index in [1.165, 1.54) is 143 Å². The van der Waals surface area contributed by atoms with Crippen molar-refractivity contribution in [3.8, 4) is 50.2 Å². The molecule has 3 heteroatoms. The Bertz CT molecular complexity index is 3990. The molecule has 0 amide bonds. The molecule has 0 radical (unpaired) electrons. The first-order chi connectivity index (χ1) is 33.0. The molecular weight excluding hydrogens is 832 g/mol. The Morgan fingerprint density at radius 2 is 1.03 bits per heavy atom. The summed E-state index contributed by atoms with van der Waals surface area (Å²) in [5, 5.41) is 7.87. The van der Waals surface area contributed by atoms with Crippen LogP contribution in [0.15, 0.2) is 158 Å². The lowest BCUT2D eigenvalue weighted by Gasteiger charge is -2.35. The Hall–Kier alpha value is -7.10. The first-order valence-corrected chi connectivity index (χ1v) is 25.0. The fraction of sp³-hybridized carbons (Fsp3) is 0.212. The maximum Gasteiger partial charge on any atom is 0.333 e. The minimum absolute atomic E-state index is 0.00330. The zero-order chi connectivity index (χ0) is 47.6. The van der Waals surface area contributed by atoms with E-state index in [2.05, 4.69) is 243 Å². The topological polar surface area (TPSA) is 9.86 Å². The molecule has 0 unspecified atom stereocenters. The van der Waals surface area contributed by atoms with E-state index in [0.717, 1.165) is 0 Å². The Morgan fingerprint density at radius 3 is 1.74 bits per heavy atom. The van der Waals surface area contributed by atoms with Crippen molar-refractivity contribution in [3.05, 3.63) is 186 Å². The van der Waals surface area contributed by atoms with Gasteiger partial charge >= 0.3 is 6.85 Å². The summed E-state index contributed by atoms with van der Waals surface area (Å²) >= 11 is 0. The molecule has 336 valence electrons. The highest BCUT2D eigenvalue weighted by atomic mass is 15.0. The summed E-state index contributed by atoms with van der Waals surface area (Å²) in [6.45, 7) is 25.5. The molecule has 0 atom stereocenters. The summed E-state index contributed by atoms with van der Waals surface area (Å²) in [4.78, 5) is 0. The average molecular weight is 891 g/mol. The summed E-state index contributed by atoms with van der Waals surface area (Å²) in [5.41, 5.74) is 26.1. The van der Waals surface area contributed by atoms with Gasteiger partial charge < -0.3 is 9.05 Å². The first kappa shape index (κ1) is 42.0. The molecule has 0 N–H and O–H groups in total. The van der Waals surface area contributed by atoms with E-state index in [1.54, 1.807) is 0 Å². The standard InChI is InChI=1S/C66H59BN2/c1-38-17-15-18-39(2)59(38)48-21-16-22-49-47(48)28-30-57-60(49)54-32-42(40-19-13-12-14-20-40)33-55-63(54)68(57)58-34-43(41-23-25-44(26-24-41)64(3,4)5)31-51-53-37-46(66(9,10)11)36-52-50-35-45(65(6,7)8)27-29-56(50)69(62(52)53)67(55)61(51)58/h12-37H,1-11H3. The van der Waals surface area contributed by atoms with Crippen molar-refractivity contribution in [1.29, 1.82) is 0 Å². The second-order valence-corrected chi connectivity index (χ2v) is 23.5. The molecule has 4 heterocycles. The third kappa shape index (κ3) is 6.05. The van der Waals surface area contributed by atoms with Crippen LogP contribution < -0.4 is 10.9 Å². The minimum atomic E-state index is -0.0693. The quantitative estimate of drug-likeness (QED) is 0.156. The monoisotopic (exact) mass is 890 g/mol. The van der Waals surface area contributed by atoms with Gasteiger partial charge in [-0.05, 0) is 167 Å². The SMILES string of the molecule is Cc1cccc(C)c1-c1cccc2c1ccc1c2c2cc(-c3ccccc3)cc3c2n1-c1cc(-c2ccc(C(C)(C)C)cc2)cc2c1B3n1c3ccc(C(C)(C)C)cc3c3cc(C(C)(C)C)cc-2c31. The van der Waals surface area contributed by atoms with Gasteiger partial charge in [0, 0.05) is 43.8 Å². The van der Waals surface area contributed by atoms with E-state index >= 15 is 0 Å². The number of hydrogen-bond donors (Lipinski definition) is 0. The van der Waals surface area contributed by atoms with Crippen molar-refractivity contribution < 1.29 is 0 Å². The minimum Gasteiger partial charge on any atom is -0.375 e. The predicted molar refractivity (Wildman–Crippen MR) is 299 cm³/mol. The van der Waals surface area contributed by atoms with Crippen LogP contribution >= 0.6 is 0 Å². The van der Waals surface area contributed by atoms with Crippen LogP contribution in [0.1, 0.15) is 90.1 Å². The smallest absolute Gasteiger partial charge is 0.333 e. The molecule has 13 rings (SSSR count). The van der Waals surface area contributed by atoms with Crippen LogP contribution in [0, 0.1) is 13.8 Å². The maximum absolute atomic E-state index is 2.75. The summed E-state index contributed by atoms with van der Waals surface area (Å²) in [5.74, 6) is 0. The molecule has 0 fully saturated rings. The molecule has 9 aromatic carbocycles. The third-order valence-electron chi connectivity index (χ3n) is 16.0. The van der Waals surface area contributed by atoms with E-state index in [9.17, 15) is 0 Å². The Balaban J connectivity index is 1.23. The molecule has 0 saturated carbocycles. The van der Waals surface area contributed by atoms with Crippen LogP contribution in [0.4, 0.5) is 0 Å². The molecule has 2 aromatic heterocycles. The predicted octanol–water partition coefficient (Wildman–Crippen LogP) is 16.5. The second-order valence-electron chi connectivity index (χ2n) is 23.5. The summed E-state index contributed by atoms with van der Waals surface area (Å²) in [7, 11) is 0. The van der Waals surface area contributed by atoms with Gasteiger partial charge in [-0.1, -0.05) is 172 Å². The van der Waals surface area contributed by atoms with Gasteiger partial charge in [-0.15, -0.1) is 0 Å². The van der Waals surface area contributed by atoms with Crippen molar-refractivity contribution in [3.63, 3.8) is 0 Å². The summed E-state index contributed by atoms with van der Waals surface area (Å²) in [6.07, 6.45) is 0. The summed E-state index contributed by atoms with van der Waals surface area (Å²) in [6, 6.07) is 61.5. The van der Waals surface area contributed by atoms with Crippen LogP contribution in [0.25, 0.3) is 105 Å². The normalized spacial score (nSPS) is 13.4. The zero-order valence-corrected chi connectivity index (χ0v) is 42.0. The van der Waals surface area contributed by atoms with Crippen molar-refractivity contribution in [2.24, 2.45) is 0 Å². The molecule has 2 nitrogen and oxygen atoms in total. The molecule has 11 aromatic rings. The van der Waals surface area contributed by atoms with Gasteiger partial charge in [0.1, 0.15) is 0 Å². The fourth-order valence-corrected chi connectivity index (χ4v) is 12.4. The van der Waals surface area contributed by atoms with Gasteiger partial charge in [0.2, 0.25) is 0 Å². The zero-order valence-electron chi connectivity index (χ0n) is 42.0. The van der Waals surface area contributed by atoms with E-state index in [-0.39, 0.29) is 23.1 Å². The molecule has 0 aliphatic carbocycles. The molecule has 0 spiro atoms. The second kappa shape index (κ2) is 14.2. The highest BCUT2D eigenvalue weighted by molar-refractivity contribution is 6.90. The fourth-order valence-electron chi connectivity index (χ4n) is 12.4. The van der Waals surface area contributed by atoms with Gasteiger partial charge in [-0.2, -0.15) is 0 Å². The highest BCUT2D eigenvalue weighted by Gasteiger charge is 2.43. The highest BCUT2D eigenvalue weighted by Crippen LogP contribution is 2.49. The Kier molecular flexibility index (Phi) is 8.67. The van der Waals surface area contributed by atoms with Crippen LogP contribution in [0.2, 0.25) is 0 Å². The van der Waals surface area contributed by atoms with Gasteiger partial charge in [0.05, 0.1) is 11.0 Å². The van der Waals surface area contributed by atoms with Crippen LogP contribution in [-0.4, -0.2) is 15.9 Å². The van der Waals surface area contributed by atoms with E-state index < -0.39 is 0 Å². The average Bonchev–Trinajstić information content (AvgIpc) is 3.84. The Morgan fingerprint density at radius 1 is 0.391 bits per heavy atom. The number of aromatic nitrogens is 2. The number of nitrogens with zero attached hydrogens (tertiary/aromatic N) is 2. The molecule has 2 aliphatic heterocycles. The number of aryl methyl sites for hydroxylation is 2.